The standard InChI is InChI=1S/C21H25N3O2S2/c1-13(2)15-7-9-16(10-8-15)19(14(3)4)22-18(25)12-28-21-24-23-20(26-21)17-6-5-11-27-17/h5-11,13-14,19H,12H2,1-4H3,(H,22,25)/t19-/m1/s1. The molecule has 5 nitrogen and oxygen atoms in total. The SMILES string of the molecule is CC(C)c1ccc([C@H](NC(=O)CSc2nnc(-c3cccs3)o2)C(C)C)cc1. The minimum absolute atomic E-state index is 0.0290. The molecule has 1 atom stereocenters. The Labute approximate surface area is 174 Å². The maximum atomic E-state index is 12.5. The van der Waals surface area contributed by atoms with Crippen LogP contribution in [0.4, 0.5) is 0 Å². The highest BCUT2D eigenvalue weighted by Gasteiger charge is 2.19. The summed E-state index contributed by atoms with van der Waals surface area (Å²) in [6, 6.07) is 12.3. The van der Waals surface area contributed by atoms with Crippen LogP contribution in [0, 0.1) is 5.92 Å². The molecular formula is C21H25N3O2S2. The molecule has 2 heterocycles. The highest BCUT2D eigenvalue weighted by atomic mass is 32.2. The normalized spacial score (nSPS) is 12.5. The second kappa shape index (κ2) is 9.39. The number of nitrogens with one attached hydrogen (secondary N) is 1. The molecule has 0 radical (unpaired) electrons. The van der Waals surface area contributed by atoms with E-state index in [4.69, 9.17) is 4.42 Å². The van der Waals surface area contributed by atoms with E-state index >= 15 is 0 Å². The van der Waals surface area contributed by atoms with Crippen LogP contribution < -0.4 is 5.32 Å². The van der Waals surface area contributed by atoms with E-state index < -0.39 is 0 Å². The van der Waals surface area contributed by atoms with E-state index in [1.54, 1.807) is 11.3 Å². The van der Waals surface area contributed by atoms with Crippen molar-refractivity contribution < 1.29 is 9.21 Å². The molecular weight excluding hydrogens is 390 g/mol. The minimum atomic E-state index is -0.0486. The van der Waals surface area contributed by atoms with Crippen molar-refractivity contribution >= 4 is 29.0 Å². The van der Waals surface area contributed by atoms with Crippen molar-refractivity contribution in [2.24, 2.45) is 5.92 Å². The van der Waals surface area contributed by atoms with Crippen molar-refractivity contribution in [1.29, 1.82) is 0 Å². The first-order valence-corrected chi connectivity index (χ1v) is 11.2. The molecule has 148 valence electrons. The lowest BCUT2D eigenvalue weighted by Gasteiger charge is -2.23. The number of thioether (sulfide) groups is 1. The average molecular weight is 416 g/mol. The summed E-state index contributed by atoms with van der Waals surface area (Å²) in [6.45, 7) is 8.57. The highest BCUT2D eigenvalue weighted by molar-refractivity contribution is 7.99. The molecule has 0 saturated heterocycles. The minimum Gasteiger partial charge on any atom is -0.410 e. The zero-order chi connectivity index (χ0) is 20.1. The molecule has 0 aliphatic carbocycles. The van der Waals surface area contributed by atoms with Crippen LogP contribution in [0.5, 0.6) is 0 Å². The van der Waals surface area contributed by atoms with Crippen LogP contribution >= 0.6 is 23.1 Å². The number of amides is 1. The Morgan fingerprint density at radius 1 is 1.11 bits per heavy atom. The predicted octanol–water partition coefficient (Wildman–Crippen LogP) is 5.53. The summed E-state index contributed by atoms with van der Waals surface area (Å²) in [7, 11) is 0. The summed E-state index contributed by atoms with van der Waals surface area (Å²) in [4.78, 5) is 13.4. The lowest BCUT2D eigenvalue weighted by atomic mass is 9.93. The Bertz CT molecular complexity index is 887. The number of benzene rings is 1. The van der Waals surface area contributed by atoms with E-state index in [0.717, 1.165) is 10.4 Å². The average Bonchev–Trinajstić information content (AvgIpc) is 3.35. The Morgan fingerprint density at radius 2 is 1.82 bits per heavy atom. The third kappa shape index (κ3) is 5.23. The largest absolute Gasteiger partial charge is 0.410 e. The van der Waals surface area contributed by atoms with Crippen LogP contribution in [0.3, 0.4) is 0 Å². The van der Waals surface area contributed by atoms with Crippen molar-refractivity contribution in [2.45, 2.75) is 44.9 Å². The topological polar surface area (TPSA) is 68.0 Å². The third-order valence-electron chi connectivity index (χ3n) is 4.41. The van der Waals surface area contributed by atoms with E-state index in [1.165, 1.54) is 17.3 Å². The zero-order valence-electron chi connectivity index (χ0n) is 16.5. The molecule has 28 heavy (non-hydrogen) atoms. The maximum Gasteiger partial charge on any atom is 0.277 e. The molecule has 3 aromatic rings. The van der Waals surface area contributed by atoms with Crippen LogP contribution in [-0.4, -0.2) is 21.9 Å². The first-order valence-electron chi connectivity index (χ1n) is 9.33. The fourth-order valence-electron chi connectivity index (χ4n) is 2.83. The summed E-state index contributed by atoms with van der Waals surface area (Å²) < 4.78 is 5.62. The van der Waals surface area contributed by atoms with Gasteiger partial charge in [0.05, 0.1) is 16.7 Å². The van der Waals surface area contributed by atoms with Gasteiger partial charge in [-0.15, -0.1) is 21.5 Å². The lowest BCUT2D eigenvalue weighted by Crippen LogP contribution is -2.33. The third-order valence-corrected chi connectivity index (χ3v) is 6.09. The molecule has 0 aliphatic heterocycles. The van der Waals surface area contributed by atoms with Gasteiger partial charge in [-0.25, -0.2) is 0 Å². The van der Waals surface area contributed by atoms with Gasteiger partial charge in [0.1, 0.15) is 0 Å². The van der Waals surface area contributed by atoms with Gasteiger partial charge in [0.25, 0.3) is 11.1 Å². The zero-order valence-corrected chi connectivity index (χ0v) is 18.1. The van der Waals surface area contributed by atoms with Gasteiger partial charge in [0.15, 0.2) is 0 Å². The van der Waals surface area contributed by atoms with Crippen LogP contribution in [0.15, 0.2) is 51.4 Å². The van der Waals surface area contributed by atoms with Crippen LogP contribution in [0.25, 0.3) is 10.8 Å². The molecule has 7 heteroatoms. The molecule has 3 rings (SSSR count). The van der Waals surface area contributed by atoms with Gasteiger partial charge in [-0.05, 0) is 34.4 Å². The molecule has 0 bridgehead atoms. The van der Waals surface area contributed by atoms with Gasteiger partial charge >= 0.3 is 0 Å². The number of thiophene rings is 1. The number of aromatic nitrogens is 2. The van der Waals surface area contributed by atoms with Gasteiger partial charge in [-0.1, -0.05) is 69.8 Å². The number of carbonyl (C=O) groups excluding carboxylic acids is 1. The fourth-order valence-corrected chi connectivity index (χ4v) is 4.05. The lowest BCUT2D eigenvalue weighted by molar-refractivity contribution is -0.119. The van der Waals surface area contributed by atoms with Crippen molar-refractivity contribution in [3.8, 4) is 10.8 Å². The summed E-state index contributed by atoms with van der Waals surface area (Å²) in [5.74, 6) is 1.45. The number of carbonyl (C=O) groups is 1. The number of nitrogens with zero attached hydrogens (tertiary/aromatic N) is 2. The van der Waals surface area contributed by atoms with Gasteiger partial charge in [-0.3, -0.25) is 4.79 Å². The quantitative estimate of drug-likeness (QED) is 0.490. The Balaban J connectivity index is 1.58. The van der Waals surface area contributed by atoms with Gasteiger partial charge in [-0.2, -0.15) is 0 Å². The van der Waals surface area contributed by atoms with E-state index in [-0.39, 0.29) is 23.6 Å². The van der Waals surface area contributed by atoms with Crippen molar-refractivity contribution in [1.82, 2.24) is 15.5 Å². The van der Waals surface area contributed by atoms with E-state index in [2.05, 4.69) is 67.5 Å². The maximum absolute atomic E-state index is 12.5. The molecule has 0 fully saturated rings. The first-order chi connectivity index (χ1) is 13.4. The van der Waals surface area contributed by atoms with Gasteiger partial charge in [0.2, 0.25) is 5.91 Å². The van der Waals surface area contributed by atoms with E-state index in [9.17, 15) is 4.79 Å². The second-order valence-corrected chi connectivity index (χ2v) is 9.12. The van der Waals surface area contributed by atoms with Crippen LogP contribution in [0.1, 0.15) is 50.8 Å². The van der Waals surface area contributed by atoms with E-state index in [1.807, 2.05) is 17.5 Å². The van der Waals surface area contributed by atoms with Crippen molar-refractivity contribution in [2.75, 3.05) is 5.75 Å². The number of hydrogen-bond donors (Lipinski definition) is 1. The second-order valence-electron chi connectivity index (χ2n) is 7.25. The van der Waals surface area contributed by atoms with Crippen LogP contribution in [0.2, 0.25) is 0 Å². The molecule has 1 amide bonds. The Morgan fingerprint density at radius 3 is 2.43 bits per heavy atom. The first kappa shape index (κ1) is 20.6. The van der Waals surface area contributed by atoms with Gasteiger partial charge in [0, 0.05) is 0 Å². The smallest absolute Gasteiger partial charge is 0.277 e. The fraction of sp³-hybridized carbons (Fsp3) is 0.381. The van der Waals surface area contributed by atoms with Crippen LogP contribution in [-0.2, 0) is 4.79 Å². The summed E-state index contributed by atoms with van der Waals surface area (Å²) in [6.07, 6.45) is 0. The van der Waals surface area contributed by atoms with Crippen molar-refractivity contribution in [3.63, 3.8) is 0 Å². The molecule has 0 spiro atoms. The molecule has 0 aliphatic rings. The molecule has 1 aromatic carbocycles. The molecule has 0 saturated carbocycles. The predicted molar refractivity (Wildman–Crippen MR) is 115 cm³/mol. The van der Waals surface area contributed by atoms with Crippen molar-refractivity contribution in [3.05, 3.63) is 52.9 Å². The Kier molecular flexibility index (Phi) is 6.91. The monoisotopic (exact) mass is 415 g/mol. The number of rotatable bonds is 8. The summed E-state index contributed by atoms with van der Waals surface area (Å²) in [5.41, 5.74) is 2.42. The van der Waals surface area contributed by atoms with Gasteiger partial charge < -0.3 is 9.73 Å². The Hall–Kier alpha value is -2.12. The highest BCUT2D eigenvalue weighted by Crippen LogP contribution is 2.27. The summed E-state index contributed by atoms with van der Waals surface area (Å²) in [5, 5.41) is 13.6. The van der Waals surface area contributed by atoms with E-state index in [0.29, 0.717) is 17.0 Å². The summed E-state index contributed by atoms with van der Waals surface area (Å²) >= 11 is 2.79. The molecule has 0 unspecified atom stereocenters. The molecule has 1 N–H and O–H groups in total. The molecule has 2 aromatic heterocycles. The number of hydrogen-bond acceptors (Lipinski definition) is 6.